The Morgan fingerprint density at radius 2 is 1.87 bits per heavy atom. The van der Waals surface area contributed by atoms with E-state index in [0.717, 1.165) is 0 Å². The standard InChI is InChI=1S/C18H24N2O3/c1-11(2)9-14-16(18(14,3)4)17(22)20-12-5-7-13(8-6-12)23-10-15(19)21/h5-9,14,16H,10H2,1-4H3,(H2,19,21)(H,20,22). The van der Waals surface area contributed by atoms with E-state index in [4.69, 9.17) is 10.5 Å². The highest BCUT2D eigenvalue weighted by Crippen LogP contribution is 2.59. The zero-order valence-corrected chi connectivity index (χ0v) is 14.1. The summed E-state index contributed by atoms with van der Waals surface area (Å²) in [6.07, 6.45) is 2.17. The van der Waals surface area contributed by atoms with Crippen molar-refractivity contribution in [1.82, 2.24) is 0 Å². The Kier molecular flexibility index (Phi) is 4.78. The summed E-state index contributed by atoms with van der Waals surface area (Å²) in [6, 6.07) is 6.90. The predicted octanol–water partition coefficient (Wildman–Crippen LogP) is 2.73. The first kappa shape index (κ1) is 17.1. The number of nitrogens with one attached hydrogen (secondary N) is 1. The molecule has 0 radical (unpaired) electrons. The van der Waals surface area contributed by atoms with Crippen molar-refractivity contribution in [2.45, 2.75) is 27.7 Å². The molecule has 124 valence electrons. The number of anilines is 1. The highest BCUT2D eigenvalue weighted by atomic mass is 16.5. The summed E-state index contributed by atoms with van der Waals surface area (Å²) < 4.78 is 5.19. The molecule has 0 saturated heterocycles. The minimum absolute atomic E-state index is 0.00804. The fourth-order valence-electron chi connectivity index (χ4n) is 2.86. The quantitative estimate of drug-likeness (QED) is 0.792. The first-order chi connectivity index (χ1) is 10.7. The molecule has 23 heavy (non-hydrogen) atoms. The van der Waals surface area contributed by atoms with Crippen LogP contribution in [0.1, 0.15) is 27.7 Å². The van der Waals surface area contributed by atoms with Crippen LogP contribution in [0.15, 0.2) is 35.9 Å². The summed E-state index contributed by atoms with van der Waals surface area (Å²) in [5, 5.41) is 2.94. The van der Waals surface area contributed by atoms with Crippen molar-refractivity contribution in [3.63, 3.8) is 0 Å². The molecule has 5 heteroatoms. The minimum atomic E-state index is -0.524. The molecule has 0 aliphatic heterocycles. The highest BCUT2D eigenvalue weighted by molar-refractivity contribution is 5.95. The number of allylic oxidation sites excluding steroid dienone is 2. The number of primary amides is 1. The summed E-state index contributed by atoms with van der Waals surface area (Å²) >= 11 is 0. The Morgan fingerprint density at radius 3 is 2.39 bits per heavy atom. The second kappa shape index (κ2) is 6.44. The molecule has 2 unspecified atom stereocenters. The van der Waals surface area contributed by atoms with Gasteiger partial charge in [-0.1, -0.05) is 25.5 Å². The third kappa shape index (κ3) is 4.12. The molecule has 5 nitrogen and oxygen atoms in total. The summed E-state index contributed by atoms with van der Waals surface area (Å²) in [5.41, 5.74) is 6.95. The van der Waals surface area contributed by atoms with Crippen LogP contribution in [-0.4, -0.2) is 18.4 Å². The molecule has 0 spiro atoms. The molecule has 2 atom stereocenters. The molecule has 1 aromatic rings. The molecule has 0 heterocycles. The van der Waals surface area contributed by atoms with Gasteiger partial charge in [0, 0.05) is 5.69 Å². The van der Waals surface area contributed by atoms with E-state index in [1.54, 1.807) is 24.3 Å². The largest absolute Gasteiger partial charge is 0.484 e. The van der Waals surface area contributed by atoms with Gasteiger partial charge >= 0.3 is 0 Å². The van der Waals surface area contributed by atoms with Crippen molar-refractivity contribution >= 4 is 17.5 Å². The maximum Gasteiger partial charge on any atom is 0.255 e. The fraction of sp³-hybridized carbons (Fsp3) is 0.444. The van der Waals surface area contributed by atoms with E-state index in [2.05, 4.69) is 25.2 Å². The summed E-state index contributed by atoms with van der Waals surface area (Å²) in [7, 11) is 0. The number of hydrogen-bond donors (Lipinski definition) is 2. The van der Waals surface area contributed by atoms with Crippen LogP contribution >= 0.6 is 0 Å². The fourth-order valence-corrected chi connectivity index (χ4v) is 2.86. The number of nitrogens with two attached hydrogens (primary N) is 1. The van der Waals surface area contributed by atoms with Crippen LogP contribution in [0.5, 0.6) is 5.75 Å². The van der Waals surface area contributed by atoms with Crippen LogP contribution in [-0.2, 0) is 9.59 Å². The molecule has 1 aliphatic rings. The van der Waals surface area contributed by atoms with Gasteiger partial charge < -0.3 is 15.8 Å². The van der Waals surface area contributed by atoms with E-state index >= 15 is 0 Å². The van der Waals surface area contributed by atoms with E-state index < -0.39 is 5.91 Å². The smallest absolute Gasteiger partial charge is 0.255 e. The van der Waals surface area contributed by atoms with Crippen LogP contribution in [0.25, 0.3) is 0 Å². The average molecular weight is 316 g/mol. The molecule has 0 aromatic heterocycles. The molecule has 1 fully saturated rings. The normalized spacial score (nSPS) is 21.2. The number of hydrogen-bond acceptors (Lipinski definition) is 3. The van der Waals surface area contributed by atoms with Gasteiger partial charge in [-0.2, -0.15) is 0 Å². The SMILES string of the molecule is CC(C)=CC1C(C(=O)Nc2ccc(OCC(N)=O)cc2)C1(C)C. The molecule has 3 N–H and O–H groups in total. The topological polar surface area (TPSA) is 81.4 Å². The predicted molar refractivity (Wildman–Crippen MR) is 90.0 cm³/mol. The molecular formula is C18H24N2O3. The van der Waals surface area contributed by atoms with Gasteiger partial charge in [-0.05, 0) is 49.4 Å². The lowest BCUT2D eigenvalue weighted by molar-refractivity contribution is -0.120. The van der Waals surface area contributed by atoms with Gasteiger partial charge in [-0.25, -0.2) is 0 Å². The van der Waals surface area contributed by atoms with Crippen LogP contribution in [0.2, 0.25) is 0 Å². The molecule has 1 aromatic carbocycles. The molecule has 1 saturated carbocycles. The van der Waals surface area contributed by atoms with Crippen molar-refractivity contribution in [2.24, 2.45) is 23.0 Å². The Bertz CT molecular complexity index is 628. The molecule has 1 aliphatic carbocycles. The van der Waals surface area contributed by atoms with Crippen molar-refractivity contribution in [3.05, 3.63) is 35.9 Å². The molecule has 2 rings (SSSR count). The van der Waals surface area contributed by atoms with E-state index in [-0.39, 0.29) is 29.8 Å². The lowest BCUT2D eigenvalue weighted by Gasteiger charge is -2.08. The monoisotopic (exact) mass is 316 g/mol. The number of carbonyl (C=O) groups is 2. The van der Waals surface area contributed by atoms with Gasteiger partial charge in [-0.15, -0.1) is 0 Å². The first-order valence-corrected chi connectivity index (χ1v) is 7.69. The molecule has 0 bridgehead atoms. The van der Waals surface area contributed by atoms with Gasteiger partial charge in [0.05, 0.1) is 5.92 Å². The van der Waals surface area contributed by atoms with Gasteiger partial charge in [-0.3, -0.25) is 9.59 Å². The maximum atomic E-state index is 12.4. The Balaban J connectivity index is 1.96. The van der Waals surface area contributed by atoms with E-state index in [1.807, 2.05) is 13.8 Å². The van der Waals surface area contributed by atoms with E-state index in [9.17, 15) is 9.59 Å². The van der Waals surface area contributed by atoms with Crippen LogP contribution < -0.4 is 15.8 Å². The lowest BCUT2D eigenvalue weighted by atomic mass is 10.1. The Labute approximate surface area is 136 Å². The minimum Gasteiger partial charge on any atom is -0.484 e. The number of carbonyl (C=O) groups excluding carboxylic acids is 2. The first-order valence-electron chi connectivity index (χ1n) is 7.69. The van der Waals surface area contributed by atoms with Crippen molar-refractivity contribution in [3.8, 4) is 5.75 Å². The third-order valence-electron chi connectivity index (χ3n) is 4.21. The van der Waals surface area contributed by atoms with Crippen molar-refractivity contribution < 1.29 is 14.3 Å². The summed E-state index contributed by atoms with van der Waals surface area (Å²) in [5.74, 6) is 0.316. The van der Waals surface area contributed by atoms with Crippen molar-refractivity contribution in [2.75, 3.05) is 11.9 Å². The Hall–Kier alpha value is -2.30. The highest BCUT2D eigenvalue weighted by Gasteiger charge is 2.60. The second-order valence-electron chi connectivity index (χ2n) is 6.84. The van der Waals surface area contributed by atoms with E-state index in [1.165, 1.54) is 5.57 Å². The second-order valence-corrected chi connectivity index (χ2v) is 6.84. The van der Waals surface area contributed by atoms with Crippen LogP contribution in [0.3, 0.4) is 0 Å². The number of rotatable bonds is 6. The number of benzene rings is 1. The van der Waals surface area contributed by atoms with E-state index in [0.29, 0.717) is 11.4 Å². The average Bonchev–Trinajstić information content (AvgIpc) is 2.98. The maximum absolute atomic E-state index is 12.4. The van der Waals surface area contributed by atoms with Gasteiger partial charge in [0.15, 0.2) is 6.61 Å². The van der Waals surface area contributed by atoms with Gasteiger partial charge in [0.1, 0.15) is 5.75 Å². The molecule has 2 amide bonds. The number of ether oxygens (including phenoxy) is 1. The zero-order chi connectivity index (χ0) is 17.2. The summed E-state index contributed by atoms with van der Waals surface area (Å²) in [4.78, 5) is 23.1. The Morgan fingerprint density at radius 1 is 1.26 bits per heavy atom. The summed E-state index contributed by atoms with van der Waals surface area (Å²) in [6.45, 7) is 8.17. The lowest BCUT2D eigenvalue weighted by Crippen LogP contribution is -2.20. The zero-order valence-electron chi connectivity index (χ0n) is 14.1. The number of amides is 2. The van der Waals surface area contributed by atoms with Gasteiger partial charge in [0.25, 0.3) is 5.91 Å². The van der Waals surface area contributed by atoms with Gasteiger partial charge in [0.2, 0.25) is 5.91 Å². The third-order valence-corrected chi connectivity index (χ3v) is 4.21. The molecular weight excluding hydrogens is 292 g/mol. The van der Waals surface area contributed by atoms with Crippen molar-refractivity contribution in [1.29, 1.82) is 0 Å². The van der Waals surface area contributed by atoms with Crippen LogP contribution in [0.4, 0.5) is 5.69 Å². The van der Waals surface area contributed by atoms with Crippen LogP contribution in [0, 0.1) is 17.3 Å².